The van der Waals surface area contributed by atoms with Crippen molar-refractivity contribution in [1.29, 1.82) is 0 Å². The van der Waals surface area contributed by atoms with E-state index in [9.17, 15) is 8.42 Å². The van der Waals surface area contributed by atoms with E-state index in [1.165, 1.54) is 64.7 Å². The lowest BCUT2D eigenvalue weighted by Crippen LogP contribution is -2.42. The SMILES string of the molecule is O=S(=O)(Nc1cccc(CCN2CCCCC2CCN2CCCC2)c1)c1ccc(Oc2ccccc2)cc1. The second-order valence-corrected chi connectivity index (χ2v) is 12.1. The topological polar surface area (TPSA) is 61.9 Å². The lowest BCUT2D eigenvalue weighted by atomic mass is 9.98. The van der Waals surface area contributed by atoms with Crippen LogP contribution >= 0.6 is 0 Å². The van der Waals surface area contributed by atoms with E-state index in [0.717, 1.165) is 18.5 Å². The van der Waals surface area contributed by atoms with E-state index < -0.39 is 10.0 Å². The Morgan fingerprint density at radius 3 is 2.32 bits per heavy atom. The van der Waals surface area contributed by atoms with Gasteiger partial charge >= 0.3 is 0 Å². The molecule has 0 spiro atoms. The van der Waals surface area contributed by atoms with Gasteiger partial charge in [0.15, 0.2) is 0 Å². The number of para-hydroxylation sites is 1. The summed E-state index contributed by atoms with van der Waals surface area (Å²) in [6.07, 6.45) is 8.77. The Morgan fingerprint density at radius 1 is 0.789 bits per heavy atom. The van der Waals surface area contributed by atoms with E-state index in [2.05, 4.69) is 20.6 Å². The number of nitrogens with one attached hydrogen (secondary N) is 1. The predicted octanol–water partition coefficient (Wildman–Crippen LogP) is 6.16. The quantitative estimate of drug-likeness (QED) is 0.320. The standard InChI is InChI=1S/C31H39N3O3S/c35-38(36,31-16-14-30(15-17-31)37-29-12-2-1-3-13-29)32-27-10-8-9-26(25-27)18-24-34-22-5-4-11-28(34)19-23-33-20-6-7-21-33/h1-3,8-10,12-17,25,28,32H,4-7,11,18-24H2. The van der Waals surface area contributed by atoms with Crippen molar-refractivity contribution < 1.29 is 13.2 Å². The van der Waals surface area contributed by atoms with Crippen LogP contribution in [0.1, 0.15) is 44.1 Å². The summed E-state index contributed by atoms with van der Waals surface area (Å²) in [5, 5.41) is 0. The van der Waals surface area contributed by atoms with Gasteiger partial charge in [-0.15, -0.1) is 0 Å². The number of hydrogen-bond donors (Lipinski definition) is 1. The van der Waals surface area contributed by atoms with Gasteiger partial charge in [-0.1, -0.05) is 36.8 Å². The summed E-state index contributed by atoms with van der Waals surface area (Å²) in [7, 11) is -3.70. The molecule has 5 rings (SSSR count). The van der Waals surface area contributed by atoms with Crippen LogP contribution < -0.4 is 9.46 Å². The average Bonchev–Trinajstić information content (AvgIpc) is 3.46. The fourth-order valence-corrected chi connectivity index (χ4v) is 6.66. The van der Waals surface area contributed by atoms with Crippen LogP contribution in [0.25, 0.3) is 0 Å². The summed E-state index contributed by atoms with van der Waals surface area (Å²) in [6, 6.07) is 24.4. The van der Waals surface area contributed by atoms with Crippen molar-refractivity contribution in [3.05, 3.63) is 84.4 Å². The normalized spacial score (nSPS) is 18.9. The number of rotatable bonds is 11. The van der Waals surface area contributed by atoms with E-state index in [1.54, 1.807) is 24.3 Å². The highest BCUT2D eigenvalue weighted by atomic mass is 32.2. The fraction of sp³-hybridized carbons (Fsp3) is 0.419. The summed E-state index contributed by atoms with van der Waals surface area (Å²) >= 11 is 0. The van der Waals surface area contributed by atoms with Crippen LogP contribution in [0.4, 0.5) is 5.69 Å². The molecule has 0 bridgehead atoms. The third kappa shape index (κ3) is 7.37. The Balaban J connectivity index is 1.16. The first-order chi connectivity index (χ1) is 18.5. The summed E-state index contributed by atoms with van der Waals surface area (Å²) in [5.74, 6) is 1.30. The lowest BCUT2D eigenvalue weighted by molar-refractivity contribution is 0.130. The third-order valence-electron chi connectivity index (χ3n) is 7.71. The molecule has 0 amide bonds. The molecule has 2 heterocycles. The van der Waals surface area contributed by atoms with E-state index in [4.69, 9.17) is 4.74 Å². The minimum absolute atomic E-state index is 0.206. The molecule has 2 saturated heterocycles. The van der Waals surface area contributed by atoms with Crippen LogP contribution in [0.15, 0.2) is 83.8 Å². The van der Waals surface area contributed by atoms with Crippen LogP contribution in [0.2, 0.25) is 0 Å². The molecule has 0 aliphatic carbocycles. The molecule has 3 aromatic carbocycles. The Labute approximate surface area is 227 Å². The highest BCUT2D eigenvalue weighted by Crippen LogP contribution is 2.25. The van der Waals surface area contributed by atoms with Crippen molar-refractivity contribution >= 4 is 15.7 Å². The zero-order valence-electron chi connectivity index (χ0n) is 22.1. The van der Waals surface area contributed by atoms with Crippen molar-refractivity contribution in [2.24, 2.45) is 0 Å². The first-order valence-corrected chi connectivity index (χ1v) is 15.4. The Morgan fingerprint density at radius 2 is 1.53 bits per heavy atom. The summed E-state index contributed by atoms with van der Waals surface area (Å²) in [6.45, 7) is 5.94. The van der Waals surface area contributed by atoms with Crippen molar-refractivity contribution in [3.8, 4) is 11.5 Å². The number of anilines is 1. The highest BCUT2D eigenvalue weighted by molar-refractivity contribution is 7.92. The van der Waals surface area contributed by atoms with Crippen LogP contribution in [0, 0.1) is 0 Å². The maximum atomic E-state index is 13.0. The average molecular weight is 534 g/mol. The summed E-state index contributed by atoms with van der Waals surface area (Å²) < 4.78 is 34.6. The molecule has 7 heteroatoms. The van der Waals surface area contributed by atoms with Crippen LogP contribution in [-0.4, -0.2) is 57.0 Å². The van der Waals surface area contributed by atoms with Gasteiger partial charge in [-0.3, -0.25) is 4.72 Å². The van der Waals surface area contributed by atoms with Gasteiger partial charge < -0.3 is 14.5 Å². The second-order valence-electron chi connectivity index (χ2n) is 10.5. The molecule has 2 aliphatic heterocycles. The molecule has 0 saturated carbocycles. The summed E-state index contributed by atoms with van der Waals surface area (Å²) in [4.78, 5) is 5.49. The molecule has 0 aromatic heterocycles. The first kappa shape index (κ1) is 26.7. The van der Waals surface area contributed by atoms with E-state index in [-0.39, 0.29) is 4.90 Å². The molecule has 6 nitrogen and oxygen atoms in total. The molecular formula is C31H39N3O3S. The molecular weight excluding hydrogens is 494 g/mol. The fourth-order valence-electron chi connectivity index (χ4n) is 5.61. The van der Waals surface area contributed by atoms with Crippen molar-refractivity contribution in [2.75, 3.05) is 37.4 Å². The maximum absolute atomic E-state index is 13.0. The van der Waals surface area contributed by atoms with E-state index >= 15 is 0 Å². The molecule has 0 radical (unpaired) electrons. The zero-order chi connectivity index (χ0) is 26.2. The number of sulfonamides is 1. The molecule has 3 aromatic rings. The number of nitrogens with zero attached hydrogens (tertiary/aromatic N) is 2. The first-order valence-electron chi connectivity index (χ1n) is 14.0. The van der Waals surface area contributed by atoms with E-state index in [1.807, 2.05) is 48.5 Å². The number of likely N-dealkylation sites (tertiary alicyclic amines) is 2. The smallest absolute Gasteiger partial charge is 0.261 e. The van der Waals surface area contributed by atoms with Gasteiger partial charge in [0.05, 0.1) is 4.90 Å². The largest absolute Gasteiger partial charge is 0.457 e. The van der Waals surface area contributed by atoms with Gasteiger partial charge in [0.2, 0.25) is 0 Å². The number of benzene rings is 3. The Hall–Kier alpha value is -2.87. The zero-order valence-corrected chi connectivity index (χ0v) is 22.9. The highest BCUT2D eigenvalue weighted by Gasteiger charge is 2.23. The summed E-state index contributed by atoms with van der Waals surface area (Å²) in [5.41, 5.74) is 1.75. The van der Waals surface area contributed by atoms with Crippen LogP contribution in [-0.2, 0) is 16.4 Å². The van der Waals surface area contributed by atoms with Crippen molar-refractivity contribution in [3.63, 3.8) is 0 Å². The van der Waals surface area contributed by atoms with Crippen LogP contribution in [0.5, 0.6) is 11.5 Å². The minimum atomic E-state index is -3.70. The van der Waals surface area contributed by atoms with Gasteiger partial charge in [0.25, 0.3) is 10.0 Å². The Kier molecular flexibility index (Phi) is 8.99. The molecule has 38 heavy (non-hydrogen) atoms. The van der Waals surface area contributed by atoms with Crippen molar-refractivity contribution in [2.45, 2.75) is 55.9 Å². The number of piperidine rings is 1. The van der Waals surface area contributed by atoms with Gasteiger partial charge in [-0.2, -0.15) is 0 Å². The minimum Gasteiger partial charge on any atom is -0.457 e. The third-order valence-corrected chi connectivity index (χ3v) is 9.10. The number of hydrogen-bond acceptors (Lipinski definition) is 5. The Bertz CT molecular complexity index is 1260. The van der Waals surface area contributed by atoms with Gasteiger partial charge in [-0.05, 0) is 119 Å². The van der Waals surface area contributed by atoms with Gasteiger partial charge in [0.1, 0.15) is 11.5 Å². The maximum Gasteiger partial charge on any atom is 0.261 e. The molecule has 202 valence electrons. The monoisotopic (exact) mass is 533 g/mol. The van der Waals surface area contributed by atoms with E-state index in [0.29, 0.717) is 23.2 Å². The molecule has 1 atom stereocenters. The molecule has 2 fully saturated rings. The lowest BCUT2D eigenvalue weighted by Gasteiger charge is -2.36. The van der Waals surface area contributed by atoms with Gasteiger partial charge in [-0.25, -0.2) is 8.42 Å². The molecule has 1 unspecified atom stereocenters. The molecule has 2 aliphatic rings. The predicted molar refractivity (Wildman–Crippen MR) is 153 cm³/mol. The van der Waals surface area contributed by atoms with Crippen LogP contribution in [0.3, 0.4) is 0 Å². The second kappa shape index (κ2) is 12.8. The molecule has 1 N–H and O–H groups in total. The number of ether oxygens (including phenoxy) is 1. The van der Waals surface area contributed by atoms with Crippen molar-refractivity contribution in [1.82, 2.24) is 9.80 Å². The van der Waals surface area contributed by atoms with Gasteiger partial charge in [0, 0.05) is 18.3 Å².